The number of nitrogens with zero attached hydrogens (tertiary/aromatic N) is 1. The number of nitrogens with two attached hydrogens (primary N) is 1. The highest BCUT2D eigenvalue weighted by Crippen LogP contribution is 2.33. The molecule has 70 valence electrons. The molecule has 0 saturated heterocycles. The van der Waals surface area contributed by atoms with Gasteiger partial charge in [0.1, 0.15) is 0 Å². The molecule has 0 unspecified atom stereocenters. The maximum atomic E-state index is 5.54. The molecule has 0 spiro atoms. The highest BCUT2D eigenvalue weighted by atomic mass is 32.1. The number of hydrogen-bond donors (Lipinski definition) is 1. The zero-order chi connectivity index (χ0) is 9.54. The van der Waals surface area contributed by atoms with Crippen LogP contribution in [0.15, 0.2) is 28.7 Å². The summed E-state index contributed by atoms with van der Waals surface area (Å²) in [6, 6.07) is 8.12. The lowest BCUT2D eigenvalue weighted by Gasteiger charge is -1.87. The Balaban J connectivity index is 2.45. The number of oxazole rings is 1. The second kappa shape index (κ2) is 2.80. The topological polar surface area (TPSA) is 52.0 Å². The molecule has 3 rings (SSSR count). The predicted octanol–water partition coefficient (Wildman–Crippen LogP) is 2.50. The Bertz CT molecular complexity index is 596. The van der Waals surface area contributed by atoms with Gasteiger partial charge in [-0.2, -0.15) is 0 Å². The third kappa shape index (κ3) is 0.981. The van der Waals surface area contributed by atoms with Crippen molar-refractivity contribution in [2.45, 2.75) is 6.54 Å². The second-order valence-electron chi connectivity index (χ2n) is 3.04. The number of aromatic nitrogens is 1. The van der Waals surface area contributed by atoms with E-state index in [9.17, 15) is 0 Å². The summed E-state index contributed by atoms with van der Waals surface area (Å²) < 4.78 is 6.75. The molecule has 0 aliphatic heterocycles. The van der Waals surface area contributed by atoms with Gasteiger partial charge in [-0.3, -0.25) is 0 Å². The molecule has 4 heteroatoms. The van der Waals surface area contributed by atoms with E-state index in [-0.39, 0.29) is 0 Å². The summed E-state index contributed by atoms with van der Waals surface area (Å²) in [7, 11) is 0. The van der Waals surface area contributed by atoms with Crippen molar-refractivity contribution in [2.75, 3.05) is 0 Å². The fourth-order valence-electron chi connectivity index (χ4n) is 1.52. The van der Waals surface area contributed by atoms with E-state index in [1.54, 1.807) is 11.3 Å². The average Bonchev–Trinajstić information content (AvgIpc) is 2.73. The van der Waals surface area contributed by atoms with Crippen LogP contribution < -0.4 is 5.73 Å². The van der Waals surface area contributed by atoms with E-state index in [1.165, 1.54) is 4.70 Å². The first kappa shape index (κ1) is 7.96. The Morgan fingerprint density at radius 3 is 3.07 bits per heavy atom. The van der Waals surface area contributed by atoms with Crippen LogP contribution in [0.1, 0.15) is 5.89 Å². The average molecular weight is 204 g/mol. The van der Waals surface area contributed by atoms with Crippen LogP contribution in [0.5, 0.6) is 0 Å². The molecule has 2 heterocycles. The van der Waals surface area contributed by atoms with E-state index in [0.717, 1.165) is 15.8 Å². The molecular formula is C10H8N2OS. The molecule has 0 saturated carbocycles. The van der Waals surface area contributed by atoms with Gasteiger partial charge in [0.2, 0.25) is 5.89 Å². The molecule has 0 atom stereocenters. The van der Waals surface area contributed by atoms with Gasteiger partial charge >= 0.3 is 0 Å². The maximum Gasteiger partial charge on any atom is 0.210 e. The van der Waals surface area contributed by atoms with E-state index >= 15 is 0 Å². The van der Waals surface area contributed by atoms with Gasteiger partial charge in [0, 0.05) is 10.1 Å². The Labute approximate surface area is 84.2 Å². The lowest BCUT2D eigenvalue weighted by atomic mass is 10.2. The van der Waals surface area contributed by atoms with Gasteiger partial charge in [0.15, 0.2) is 10.4 Å². The van der Waals surface area contributed by atoms with Crippen LogP contribution in [0.25, 0.3) is 20.5 Å². The summed E-state index contributed by atoms with van der Waals surface area (Å²) in [5, 5.41) is 1.12. The van der Waals surface area contributed by atoms with Crippen LogP contribution in [0.4, 0.5) is 0 Å². The zero-order valence-electron chi connectivity index (χ0n) is 7.36. The first-order valence-electron chi connectivity index (χ1n) is 4.35. The number of hydrogen-bond acceptors (Lipinski definition) is 4. The van der Waals surface area contributed by atoms with Crippen molar-refractivity contribution in [2.24, 2.45) is 5.73 Å². The van der Waals surface area contributed by atoms with Crippen LogP contribution in [0.2, 0.25) is 0 Å². The lowest BCUT2D eigenvalue weighted by Crippen LogP contribution is -1.94. The van der Waals surface area contributed by atoms with Gasteiger partial charge < -0.3 is 10.2 Å². The van der Waals surface area contributed by atoms with Crippen LogP contribution in [0, 0.1) is 0 Å². The lowest BCUT2D eigenvalue weighted by molar-refractivity contribution is 0.535. The highest BCUT2D eigenvalue weighted by molar-refractivity contribution is 7.25. The van der Waals surface area contributed by atoms with Crippen molar-refractivity contribution in [3.05, 3.63) is 30.2 Å². The number of fused-ring (bicyclic) bond motifs is 3. The number of rotatable bonds is 1. The van der Waals surface area contributed by atoms with E-state index in [2.05, 4.69) is 11.1 Å². The van der Waals surface area contributed by atoms with Crippen molar-refractivity contribution in [3.8, 4) is 0 Å². The SMILES string of the molecule is NCc1nc2sc3ccccc3c2o1. The minimum atomic E-state index is 0.357. The summed E-state index contributed by atoms with van der Waals surface area (Å²) >= 11 is 1.64. The molecule has 14 heavy (non-hydrogen) atoms. The first-order valence-corrected chi connectivity index (χ1v) is 5.17. The minimum absolute atomic E-state index is 0.357. The second-order valence-corrected chi connectivity index (χ2v) is 4.07. The summed E-state index contributed by atoms with van der Waals surface area (Å²) in [6.45, 7) is 0.357. The molecule has 0 aliphatic rings. The molecule has 0 amide bonds. The van der Waals surface area contributed by atoms with Crippen molar-refractivity contribution in [1.29, 1.82) is 0 Å². The number of thiophene rings is 1. The van der Waals surface area contributed by atoms with Crippen molar-refractivity contribution in [1.82, 2.24) is 4.98 Å². The summed E-state index contributed by atoms with van der Waals surface area (Å²) in [4.78, 5) is 5.23. The van der Waals surface area contributed by atoms with Crippen LogP contribution in [-0.4, -0.2) is 4.98 Å². The van der Waals surface area contributed by atoms with Gasteiger partial charge in [0.25, 0.3) is 0 Å². The Kier molecular flexibility index (Phi) is 1.59. The quantitative estimate of drug-likeness (QED) is 0.662. The monoisotopic (exact) mass is 204 g/mol. The molecule has 2 N–H and O–H groups in total. The molecule has 3 nitrogen and oxygen atoms in total. The summed E-state index contributed by atoms with van der Waals surface area (Å²) in [6.07, 6.45) is 0. The van der Waals surface area contributed by atoms with Crippen LogP contribution in [-0.2, 0) is 6.54 Å². The van der Waals surface area contributed by atoms with Crippen molar-refractivity contribution >= 4 is 31.8 Å². The summed E-state index contributed by atoms with van der Waals surface area (Å²) in [5.74, 6) is 0.608. The Morgan fingerprint density at radius 2 is 2.21 bits per heavy atom. The fraction of sp³-hybridized carbons (Fsp3) is 0.100. The molecule has 0 fully saturated rings. The molecule has 0 aliphatic carbocycles. The zero-order valence-corrected chi connectivity index (χ0v) is 8.17. The van der Waals surface area contributed by atoms with Crippen molar-refractivity contribution in [3.63, 3.8) is 0 Å². The first-order chi connectivity index (χ1) is 6.88. The van der Waals surface area contributed by atoms with E-state index in [0.29, 0.717) is 12.4 Å². The molecular weight excluding hydrogens is 196 g/mol. The van der Waals surface area contributed by atoms with E-state index in [1.807, 2.05) is 18.2 Å². The Hall–Kier alpha value is -1.39. The van der Waals surface area contributed by atoms with E-state index < -0.39 is 0 Å². The normalized spacial score (nSPS) is 11.5. The molecule has 0 bridgehead atoms. The Morgan fingerprint density at radius 1 is 1.36 bits per heavy atom. The largest absolute Gasteiger partial charge is 0.438 e. The van der Waals surface area contributed by atoms with Crippen LogP contribution >= 0.6 is 11.3 Å². The summed E-state index contributed by atoms with van der Waals surface area (Å²) in [5.41, 5.74) is 6.33. The fourth-order valence-corrected chi connectivity index (χ4v) is 2.54. The van der Waals surface area contributed by atoms with Gasteiger partial charge in [-0.05, 0) is 12.1 Å². The third-order valence-corrected chi connectivity index (χ3v) is 3.20. The molecule has 2 aromatic heterocycles. The minimum Gasteiger partial charge on any atom is -0.438 e. The van der Waals surface area contributed by atoms with Gasteiger partial charge in [-0.15, -0.1) is 11.3 Å². The smallest absolute Gasteiger partial charge is 0.210 e. The number of benzene rings is 1. The van der Waals surface area contributed by atoms with Gasteiger partial charge in [-0.25, -0.2) is 4.98 Å². The highest BCUT2D eigenvalue weighted by Gasteiger charge is 2.10. The maximum absolute atomic E-state index is 5.54. The van der Waals surface area contributed by atoms with Gasteiger partial charge in [-0.1, -0.05) is 12.1 Å². The molecule has 3 aromatic rings. The predicted molar refractivity (Wildman–Crippen MR) is 57.3 cm³/mol. The van der Waals surface area contributed by atoms with Crippen molar-refractivity contribution < 1.29 is 4.42 Å². The molecule has 1 aromatic carbocycles. The molecule has 0 radical (unpaired) electrons. The standard InChI is InChI=1S/C10H8N2OS/c11-5-8-12-10-9(13-8)6-3-1-2-4-7(6)14-10/h1-4H,5,11H2. The van der Waals surface area contributed by atoms with E-state index in [4.69, 9.17) is 10.2 Å². The third-order valence-electron chi connectivity index (χ3n) is 2.15. The van der Waals surface area contributed by atoms with Gasteiger partial charge in [0.05, 0.1) is 6.54 Å². The van der Waals surface area contributed by atoms with Crippen LogP contribution in [0.3, 0.4) is 0 Å².